The molecule has 7 heteroatoms. The van der Waals surface area contributed by atoms with Crippen LogP contribution in [-0.2, 0) is 0 Å². The van der Waals surface area contributed by atoms with Crippen LogP contribution in [0.4, 0.5) is 5.69 Å². The average Bonchev–Trinajstić information content (AvgIpc) is 2.62. The molecule has 2 aromatic carbocycles. The van der Waals surface area contributed by atoms with Crippen molar-refractivity contribution in [2.75, 3.05) is 26.6 Å². The summed E-state index contributed by atoms with van der Waals surface area (Å²) < 4.78 is 15.9. The van der Waals surface area contributed by atoms with Gasteiger partial charge in [-0.1, -0.05) is 18.2 Å². The number of anilines is 1. The van der Waals surface area contributed by atoms with Crippen molar-refractivity contribution in [3.8, 4) is 17.2 Å². The topological polar surface area (TPSA) is 65.7 Å². The molecule has 0 unspecified atom stereocenters. The number of nitrogens with one attached hydrogen (secondary N) is 3. The van der Waals surface area contributed by atoms with Crippen LogP contribution in [0.1, 0.15) is 5.56 Å². The van der Waals surface area contributed by atoms with Gasteiger partial charge >= 0.3 is 0 Å². The summed E-state index contributed by atoms with van der Waals surface area (Å²) in [5, 5.41) is 6.43. The Hall–Kier alpha value is -2.80. The molecule has 0 radical (unpaired) electrons. The first kappa shape index (κ1) is 17.6. The van der Waals surface area contributed by atoms with Gasteiger partial charge in [0.05, 0.1) is 26.9 Å². The molecule has 6 nitrogen and oxygen atoms in total. The van der Waals surface area contributed by atoms with Crippen LogP contribution >= 0.6 is 12.2 Å². The second kappa shape index (κ2) is 8.73. The maximum atomic E-state index is 5.36. The number of hydrazine groups is 1. The maximum Gasteiger partial charge on any atom is 0.228 e. The molecule has 0 bridgehead atoms. The molecule has 2 aromatic rings. The molecule has 0 saturated heterocycles. The van der Waals surface area contributed by atoms with E-state index >= 15 is 0 Å². The smallest absolute Gasteiger partial charge is 0.228 e. The van der Waals surface area contributed by atoms with Gasteiger partial charge in [-0.3, -0.25) is 0 Å². The van der Waals surface area contributed by atoms with Crippen LogP contribution in [0.3, 0.4) is 0 Å². The number of hydrogen-bond acceptors (Lipinski definition) is 4. The number of thiocarbonyl (C=S) groups is 1. The monoisotopic (exact) mass is 346 g/mol. The van der Waals surface area contributed by atoms with E-state index in [4.69, 9.17) is 26.4 Å². The molecule has 0 amide bonds. The van der Waals surface area contributed by atoms with Gasteiger partial charge in [-0.25, -0.2) is 0 Å². The zero-order valence-electron chi connectivity index (χ0n) is 13.8. The number of methoxy groups -OCH3 is 3. The molecular weight excluding hydrogens is 326 g/mol. The van der Waals surface area contributed by atoms with E-state index in [0.717, 1.165) is 11.3 Å². The summed E-state index contributed by atoms with van der Waals surface area (Å²) in [4.78, 5) is 0. The second-order valence-electron chi connectivity index (χ2n) is 4.68. The first-order chi connectivity index (χ1) is 11.7. The van der Waals surface area contributed by atoms with E-state index < -0.39 is 0 Å². The van der Waals surface area contributed by atoms with Gasteiger partial charge in [-0.2, -0.15) is 0 Å². The van der Waals surface area contributed by atoms with Crippen LogP contribution in [0.2, 0.25) is 0 Å². The molecule has 3 N–H and O–H groups in total. The summed E-state index contributed by atoms with van der Waals surface area (Å²) in [6, 6.07) is 13.2. The first-order valence-electron chi connectivity index (χ1n) is 7.18. The fourth-order valence-electron chi connectivity index (χ4n) is 2.03. The quantitative estimate of drug-likeness (QED) is 0.414. The summed E-state index contributed by atoms with van der Waals surface area (Å²) in [7, 11) is 4.75. The summed E-state index contributed by atoms with van der Waals surface area (Å²) in [5.41, 5.74) is 4.57. The Morgan fingerprint density at radius 3 is 2.21 bits per heavy atom. The molecule has 0 fully saturated rings. The fraction of sp³-hybridized carbons (Fsp3) is 0.176. The third kappa shape index (κ3) is 4.60. The number of hydrazone groups is 1. The zero-order valence-corrected chi connectivity index (χ0v) is 14.6. The summed E-state index contributed by atoms with van der Waals surface area (Å²) in [5.74, 6) is 1.85. The molecule has 0 aliphatic carbocycles. The second-order valence-corrected chi connectivity index (χ2v) is 5.09. The van der Waals surface area contributed by atoms with Crippen molar-refractivity contribution in [2.24, 2.45) is 0 Å². The lowest BCUT2D eigenvalue weighted by Crippen LogP contribution is -2.82. The van der Waals surface area contributed by atoms with Crippen molar-refractivity contribution in [2.45, 2.75) is 0 Å². The molecule has 126 valence electrons. The van der Waals surface area contributed by atoms with E-state index in [-0.39, 0.29) is 0 Å². The van der Waals surface area contributed by atoms with Gasteiger partial charge < -0.3 is 19.5 Å². The van der Waals surface area contributed by atoms with E-state index in [1.165, 1.54) is 0 Å². The normalized spacial score (nSPS) is 10.3. The van der Waals surface area contributed by atoms with E-state index in [0.29, 0.717) is 22.4 Å². The van der Waals surface area contributed by atoms with Crippen molar-refractivity contribution in [1.82, 2.24) is 5.43 Å². The average molecular weight is 346 g/mol. The third-order valence-corrected chi connectivity index (χ3v) is 3.39. The molecule has 0 aliphatic rings. The lowest BCUT2D eigenvalue weighted by molar-refractivity contribution is -0.499. The number of para-hydroxylation sites is 1. The minimum absolute atomic E-state index is 0.442. The Morgan fingerprint density at radius 2 is 1.58 bits per heavy atom. The van der Waals surface area contributed by atoms with Crippen LogP contribution in [-0.4, -0.2) is 32.7 Å². The summed E-state index contributed by atoms with van der Waals surface area (Å²) >= 11 is 5.22. The number of hydrogen-bond donors (Lipinski definition) is 3. The molecule has 0 atom stereocenters. The first-order valence-corrected chi connectivity index (χ1v) is 7.59. The maximum absolute atomic E-state index is 5.36. The zero-order chi connectivity index (χ0) is 17.4. The fourth-order valence-corrected chi connectivity index (χ4v) is 2.21. The SMILES string of the molecule is COc1cc(OC)c(OC)cc1C=[NH+]NC(=S)Nc1ccccc1. The molecule has 2 rings (SSSR count). The molecule has 0 heterocycles. The van der Waals surface area contributed by atoms with Gasteiger partial charge in [0.2, 0.25) is 11.3 Å². The number of rotatable bonds is 6. The van der Waals surface area contributed by atoms with Gasteiger partial charge in [-0.05, 0) is 24.4 Å². The summed E-state index contributed by atoms with van der Waals surface area (Å²) in [6.45, 7) is 0. The van der Waals surface area contributed by atoms with Gasteiger partial charge in [0.15, 0.2) is 11.5 Å². The minimum atomic E-state index is 0.442. The van der Waals surface area contributed by atoms with Crippen LogP contribution in [0.25, 0.3) is 0 Å². The predicted octanol–water partition coefficient (Wildman–Crippen LogP) is 1.11. The highest BCUT2D eigenvalue weighted by molar-refractivity contribution is 7.80. The van der Waals surface area contributed by atoms with Gasteiger partial charge in [-0.15, -0.1) is 10.5 Å². The summed E-state index contributed by atoms with van der Waals surface area (Å²) in [6.07, 6.45) is 1.72. The molecule has 0 spiro atoms. The van der Waals surface area contributed by atoms with Crippen molar-refractivity contribution in [1.29, 1.82) is 0 Å². The highest BCUT2D eigenvalue weighted by Crippen LogP contribution is 2.33. The van der Waals surface area contributed by atoms with Crippen LogP contribution < -0.4 is 30.1 Å². The van der Waals surface area contributed by atoms with Crippen molar-refractivity contribution < 1.29 is 19.3 Å². The minimum Gasteiger partial charge on any atom is -0.496 e. The molecular formula is C17H20N3O3S+. The van der Waals surface area contributed by atoms with Crippen LogP contribution in [0.15, 0.2) is 42.5 Å². The van der Waals surface area contributed by atoms with Crippen LogP contribution in [0, 0.1) is 0 Å². The molecule has 24 heavy (non-hydrogen) atoms. The third-order valence-electron chi connectivity index (χ3n) is 3.18. The largest absolute Gasteiger partial charge is 0.496 e. The Balaban J connectivity index is 2.06. The Kier molecular flexibility index (Phi) is 6.39. The van der Waals surface area contributed by atoms with Crippen LogP contribution in [0.5, 0.6) is 17.2 Å². The van der Waals surface area contributed by atoms with Gasteiger partial charge in [0.25, 0.3) is 0 Å². The van der Waals surface area contributed by atoms with E-state index in [2.05, 4.69) is 15.8 Å². The van der Waals surface area contributed by atoms with Crippen molar-refractivity contribution in [3.05, 3.63) is 48.0 Å². The van der Waals surface area contributed by atoms with Crippen molar-refractivity contribution >= 4 is 29.2 Å². The lowest BCUT2D eigenvalue weighted by Gasteiger charge is -2.10. The van der Waals surface area contributed by atoms with E-state index in [1.807, 2.05) is 30.3 Å². The highest BCUT2D eigenvalue weighted by Gasteiger charge is 2.12. The molecule has 0 aliphatic heterocycles. The van der Waals surface area contributed by atoms with E-state index in [1.54, 1.807) is 39.7 Å². The highest BCUT2D eigenvalue weighted by atomic mass is 32.1. The predicted molar refractivity (Wildman–Crippen MR) is 98.0 cm³/mol. The van der Waals surface area contributed by atoms with E-state index in [9.17, 15) is 0 Å². The number of benzene rings is 2. The molecule has 0 aromatic heterocycles. The Bertz CT molecular complexity index is 721. The van der Waals surface area contributed by atoms with Gasteiger partial charge in [0, 0.05) is 17.8 Å². The number of ether oxygens (including phenoxy) is 3. The van der Waals surface area contributed by atoms with Gasteiger partial charge in [0.1, 0.15) is 5.75 Å². The lowest BCUT2D eigenvalue weighted by atomic mass is 10.2. The van der Waals surface area contributed by atoms with Crippen molar-refractivity contribution in [3.63, 3.8) is 0 Å². The standard InChI is InChI=1S/C17H19N3O3S/c1-21-14-10-16(23-3)15(22-2)9-12(14)11-18-20-17(24)19-13-7-5-4-6-8-13/h4-11H,1-3H3,(H2,19,20,24)/p+1. The Labute approximate surface area is 146 Å². The Morgan fingerprint density at radius 1 is 0.958 bits per heavy atom. The molecule has 0 saturated carbocycles.